The number of nitrogens with zero attached hydrogens (tertiary/aromatic N) is 1. The molecule has 26 heavy (non-hydrogen) atoms. The molecular formula is C20H18N2O3S. The smallest absolute Gasteiger partial charge is 0.338 e. The molecule has 6 heteroatoms. The third-order valence-corrected chi connectivity index (χ3v) is 4.49. The Bertz CT molecular complexity index is 978. The van der Waals surface area contributed by atoms with Crippen molar-refractivity contribution in [1.82, 2.24) is 4.98 Å². The molecule has 0 aliphatic rings. The number of ether oxygens (including phenoxy) is 1. The van der Waals surface area contributed by atoms with Crippen LogP contribution in [0.2, 0.25) is 0 Å². The van der Waals surface area contributed by atoms with Gasteiger partial charge >= 0.3 is 5.97 Å². The van der Waals surface area contributed by atoms with E-state index in [1.54, 1.807) is 48.6 Å². The van der Waals surface area contributed by atoms with Crippen LogP contribution < -0.4 is 5.32 Å². The van der Waals surface area contributed by atoms with E-state index < -0.39 is 5.97 Å². The van der Waals surface area contributed by atoms with Crippen LogP contribution in [-0.2, 0) is 9.53 Å². The zero-order chi connectivity index (χ0) is 18.5. The van der Waals surface area contributed by atoms with E-state index in [4.69, 9.17) is 4.74 Å². The largest absolute Gasteiger partial charge is 0.462 e. The van der Waals surface area contributed by atoms with Crippen molar-refractivity contribution in [2.75, 3.05) is 11.9 Å². The molecule has 132 valence electrons. The fourth-order valence-electron chi connectivity index (χ4n) is 2.52. The van der Waals surface area contributed by atoms with Gasteiger partial charge in [-0.1, -0.05) is 6.07 Å². The second kappa shape index (κ2) is 7.93. The van der Waals surface area contributed by atoms with Gasteiger partial charge in [0.1, 0.15) is 0 Å². The van der Waals surface area contributed by atoms with Crippen LogP contribution >= 0.6 is 11.3 Å². The molecule has 3 rings (SSSR count). The number of rotatable bonds is 5. The lowest BCUT2D eigenvalue weighted by atomic mass is 10.1. The maximum Gasteiger partial charge on any atom is 0.338 e. The topological polar surface area (TPSA) is 68.3 Å². The van der Waals surface area contributed by atoms with Crippen LogP contribution in [0.3, 0.4) is 0 Å². The van der Waals surface area contributed by atoms with Gasteiger partial charge in [-0.15, -0.1) is 11.3 Å². The molecule has 1 aromatic carbocycles. The molecule has 2 heterocycles. The second-order valence-corrected chi connectivity index (χ2v) is 6.58. The minimum Gasteiger partial charge on any atom is -0.462 e. The molecule has 0 aliphatic heterocycles. The standard InChI is InChI=1S/C20H18N2O3S/c1-3-25-20(24)14-6-8-17-16(12-14)18(11-13(2)21-17)22-19(23)9-7-15-5-4-10-26-15/h4-12H,3H2,1-2H3,(H,21,22,23). The van der Waals surface area contributed by atoms with Crippen LogP contribution in [0, 0.1) is 6.92 Å². The van der Waals surface area contributed by atoms with Crippen LogP contribution in [0.15, 0.2) is 47.9 Å². The minimum absolute atomic E-state index is 0.244. The van der Waals surface area contributed by atoms with Crippen LogP contribution in [-0.4, -0.2) is 23.5 Å². The van der Waals surface area contributed by atoms with Gasteiger partial charge in [0.25, 0.3) is 0 Å². The van der Waals surface area contributed by atoms with Gasteiger partial charge in [-0.25, -0.2) is 4.79 Å². The number of carbonyl (C=O) groups excluding carboxylic acids is 2. The summed E-state index contributed by atoms with van der Waals surface area (Å²) in [6, 6.07) is 10.8. The first-order valence-corrected chi connectivity index (χ1v) is 9.06. The Hall–Kier alpha value is -2.99. The van der Waals surface area contributed by atoms with Crippen LogP contribution in [0.25, 0.3) is 17.0 Å². The number of anilines is 1. The van der Waals surface area contributed by atoms with Crippen molar-refractivity contribution in [2.24, 2.45) is 0 Å². The number of aromatic nitrogens is 1. The van der Waals surface area contributed by atoms with E-state index in [1.165, 1.54) is 6.08 Å². The van der Waals surface area contributed by atoms with Gasteiger partial charge in [-0.05, 0) is 55.6 Å². The quantitative estimate of drug-likeness (QED) is 0.536. The van der Waals surface area contributed by atoms with E-state index >= 15 is 0 Å². The Kier molecular flexibility index (Phi) is 5.43. The van der Waals surface area contributed by atoms with Crippen molar-refractivity contribution in [3.8, 4) is 0 Å². The number of hydrogen-bond acceptors (Lipinski definition) is 5. The maximum absolute atomic E-state index is 12.3. The number of thiophene rings is 1. The van der Waals surface area contributed by atoms with Gasteiger partial charge in [0.15, 0.2) is 0 Å². The van der Waals surface area contributed by atoms with Crippen molar-refractivity contribution in [1.29, 1.82) is 0 Å². The van der Waals surface area contributed by atoms with Crippen molar-refractivity contribution < 1.29 is 14.3 Å². The second-order valence-electron chi connectivity index (χ2n) is 5.60. The summed E-state index contributed by atoms with van der Waals surface area (Å²) in [5, 5.41) is 5.52. The summed E-state index contributed by atoms with van der Waals surface area (Å²) in [6.45, 7) is 3.92. The van der Waals surface area contributed by atoms with E-state index in [9.17, 15) is 9.59 Å². The first kappa shape index (κ1) is 17.8. The highest BCUT2D eigenvalue weighted by Gasteiger charge is 2.11. The van der Waals surface area contributed by atoms with E-state index in [2.05, 4.69) is 10.3 Å². The Morgan fingerprint density at radius 1 is 1.27 bits per heavy atom. The summed E-state index contributed by atoms with van der Waals surface area (Å²) in [5.41, 5.74) is 2.52. The summed E-state index contributed by atoms with van der Waals surface area (Å²) in [5.74, 6) is -0.642. The summed E-state index contributed by atoms with van der Waals surface area (Å²) < 4.78 is 5.04. The van der Waals surface area contributed by atoms with Gasteiger partial charge in [-0.2, -0.15) is 0 Å². The lowest BCUT2D eigenvalue weighted by Gasteiger charge is -2.10. The van der Waals surface area contributed by atoms with Crippen LogP contribution in [0.5, 0.6) is 0 Å². The summed E-state index contributed by atoms with van der Waals surface area (Å²) in [4.78, 5) is 29.7. The highest BCUT2D eigenvalue weighted by molar-refractivity contribution is 7.10. The molecule has 0 spiro atoms. The van der Waals surface area contributed by atoms with Gasteiger partial charge < -0.3 is 10.1 Å². The zero-order valence-corrected chi connectivity index (χ0v) is 15.3. The number of esters is 1. The Balaban J connectivity index is 1.91. The monoisotopic (exact) mass is 366 g/mol. The molecule has 3 aromatic rings. The predicted molar refractivity (Wildman–Crippen MR) is 104 cm³/mol. The highest BCUT2D eigenvalue weighted by Crippen LogP contribution is 2.25. The molecule has 0 atom stereocenters. The number of pyridine rings is 1. The molecule has 1 amide bonds. The van der Waals surface area contributed by atoms with Gasteiger partial charge in [0, 0.05) is 22.0 Å². The number of amides is 1. The third kappa shape index (κ3) is 4.15. The molecule has 5 nitrogen and oxygen atoms in total. The van der Waals surface area contributed by atoms with E-state index in [-0.39, 0.29) is 5.91 Å². The normalized spacial score (nSPS) is 11.0. The minimum atomic E-state index is -0.398. The highest BCUT2D eigenvalue weighted by atomic mass is 32.1. The summed E-state index contributed by atoms with van der Waals surface area (Å²) >= 11 is 1.56. The number of nitrogens with one attached hydrogen (secondary N) is 1. The molecule has 0 radical (unpaired) electrons. The number of carbonyl (C=O) groups is 2. The first-order chi connectivity index (χ1) is 12.6. The fraction of sp³-hybridized carbons (Fsp3) is 0.150. The summed E-state index contributed by atoms with van der Waals surface area (Å²) in [7, 11) is 0. The average Bonchev–Trinajstić information content (AvgIpc) is 3.13. The molecule has 0 unspecified atom stereocenters. The van der Waals surface area contributed by atoms with Gasteiger partial charge in [0.05, 0.1) is 23.4 Å². The van der Waals surface area contributed by atoms with Crippen molar-refractivity contribution in [3.63, 3.8) is 0 Å². The Labute approximate surface area is 155 Å². The van der Waals surface area contributed by atoms with Crippen LogP contribution in [0.1, 0.15) is 27.9 Å². The SMILES string of the molecule is CCOC(=O)c1ccc2nc(C)cc(NC(=O)C=Cc3cccs3)c2c1. The number of fused-ring (bicyclic) bond motifs is 1. The summed E-state index contributed by atoms with van der Waals surface area (Å²) in [6.07, 6.45) is 3.25. The molecule has 0 fully saturated rings. The first-order valence-electron chi connectivity index (χ1n) is 8.18. The zero-order valence-electron chi connectivity index (χ0n) is 14.5. The number of benzene rings is 1. The number of aryl methyl sites for hydroxylation is 1. The third-order valence-electron chi connectivity index (χ3n) is 3.65. The van der Waals surface area contributed by atoms with Gasteiger partial charge in [0.2, 0.25) is 5.91 Å². The lowest BCUT2D eigenvalue weighted by molar-refractivity contribution is -0.111. The maximum atomic E-state index is 12.3. The Morgan fingerprint density at radius 2 is 2.12 bits per heavy atom. The van der Waals surface area contributed by atoms with Crippen LogP contribution in [0.4, 0.5) is 5.69 Å². The fourth-order valence-corrected chi connectivity index (χ4v) is 3.14. The van der Waals surface area contributed by atoms with Gasteiger partial charge in [-0.3, -0.25) is 9.78 Å². The molecule has 0 bridgehead atoms. The van der Waals surface area contributed by atoms with E-state index in [1.807, 2.05) is 24.4 Å². The lowest BCUT2D eigenvalue weighted by Crippen LogP contribution is -2.09. The molecule has 2 aromatic heterocycles. The predicted octanol–water partition coefficient (Wildman–Crippen LogP) is 4.43. The molecule has 0 saturated carbocycles. The Morgan fingerprint density at radius 3 is 2.85 bits per heavy atom. The van der Waals surface area contributed by atoms with Crippen molar-refractivity contribution in [2.45, 2.75) is 13.8 Å². The molecule has 1 N–H and O–H groups in total. The van der Waals surface area contributed by atoms with Crippen molar-refractivity contribution in [3.05, 3.63) is 64.0 Å². The molecule has 0 aliphatic carbocycles. The van der Waals surface area contributed by atoms with E-state index in [0.717, 1.165) is 10.6 Å². The van der Waals surface area contributed by atoms with Crippen molar-refractivity contribution >= 4 is 45.9 Å². The molecule has 0 saturated heterocycles. The average molecular weight is 366 g/mol. The molecular weight excluding hydrogens is 348 g/mol. The van der Waals surface area contributed by atoms with E-state index in [0.29, 0.717) is 28.8 Å². The number of hydrogen-bond donors (Lipinski definition) is 1.